The largest absolute Gasteiger partial charge is 0.310 e. The number of benzene rings is 9. The van der Waals surface area contributed by atoms with Gasteiger partial charge in [-0.1, -0.05) is 135 Å². The fourth-order valence-electron chi connectivity index (χ4n) is 11.2. The Kier molecular flexibility index (Phi) is 5.81. The number of hydrogen-bond acceptors (Lipinski definition) is 1. The van der Waals surface area contributed by atoms with Crippen LogP contribution in [-0.4, -0.2) is 13.4 Å². The fraction of sp³-hybridized carbons (Fsp3) is 0.0545. The molecule has 14 rings (SSSR count). The molecule has 0 aliphatic carbocycles. The molecular weight excluding hydrogens is 717 g/mol. The van der Waals surface area contributed by atoms with Gasteiger partial charge in [0.25, 0.3) is 0 Å². The maximum atomic E-state index is 2.56. The minimum atomic E-state index is -0.187. The number of para-hydroxylation sites is 6. The first kappa shape index (κ1) is 31.5. The van der Waals surface area contributed by atoms with E-state index in [-0.39, 0.29) is 5.41 Å². The summed E-state index contributed by atoms with van der Waals surface area (Å²) in [6.07, 6.45) is 0. The van der Waals surface area contributed by atoms with Gasteiger partial charge in [0.05, 0.1) is 55.5 Å². The molecule has 0 radical (unpaired) electrons. The molecule has 0 saturated heterocycles. The van der Waals surface area contributed by atoms with Crippen LogP contribution in [0.1, 0.15) is 25.0 Å². The Hall–Kier alpha value is -7.56. The summed E-state index contributed by atoms with van der Waals surface area (Å²) >= 11 is 0. The van der Waals surface area contributed by atoms with E-state index < -0.39 is 0 Å². The van der Waals surface area contributed by atoms with Gasteiger partial charge < -0.3 is 18.3 Å². The van der Waals surface area contributed by atoms with Crippen LogP contribution >= 0.6 is 0 Å². The maximum Gasteiger partial charge on any atom is 0.0703 e. The Labute approximate surface area is 339 Å². The highest BCUT2D eigenvalue weighted by Gasteiger charge is 2.37. The minimum absolute atomic E-state index is 0.187. The van der Waals surface area contributed by atoms with E-state index in [0.29, 0.717) is 0 Å². The normalized spacial score (nSPS) is 14.0. The van der Waals surface area contributed by atoms with E-state index in [4.69, 9.17) is 0 Å². The molecule has 0 N–H and O–H groups in total. The quantitative estimate of drug-likeness (QED) is 0.172. The van der Waals surface area contributed by atoms with Crippen LogP contribution in [0.15, 0.2) is 182 Å². The van der Waals surface area contributed by atoms with Crippen LogP contribution in [0.5, 0.6) is 0 Å². The van der Waals surface area contributed by atoms with Gasteiger partial charge in [0.2, 0.25) is 0 Å². The first-order chi connectivity index (χ1) is 29.1. The zero-order chi connectivity index (χ0) is 38.7. The van der Waals surface area contributed by atoms with Gasteiger partial charge >= 0.3 is 0 Å². The van der Waals surface area contributed by atoms with E-state index in [0.717, 1.165) is 11.4 Å². The number of hydrogen-bond donors (Lipinski definition) is 0. The first-order valence-electron chi connectivity index (χ1n) is 20.6. The van der Waals surface area contributed by atoms with Crippen molar-refractivity contribution < 1.29 is 0 Å². The van der Waals surface area contributed by atoms with Crippen molar-refractivity contribution in [2.24, 2.45) is 0 Å². The zero-order valence-electron chi connectivity index (χ0n) is 32.6. The lowest BCUT2D eigenvalue weighted by Crippen LogP contribution is -2.30. The van der Waals surface area contributed by atoms with Crippen LogP contribution in [0.3, 0.4) is 0 Å². The Bertz CT molecular complexity index is 3930. The molecule has 0 bridgehead atoms. The molecule has 4 nitrogen and oxygen atoms in total. The summed E-state index contributed by atoms with van der Waals surface area (Å²) in [6.45, 7) is 4.74. The number of rotatable bonds is 2. The van der Waals surface area contributed by atoms with Crippen molar-refractivity contribution in [1.82, 2.24) is 13.4 Å². The zero-order valence-corrected chi connectivity index (χ0v) is 32.6. The van der Waals surface area contributed by atoms with Gasteiger partial charge in [-0.05, 0) is 77.2 Å². The van der Waals surface area contributed by atoms with Gasteiger partial charge in [0.1, 0.15) is 0 Å². The molecule has 9 aromatic carbocycles. The lowest BCUT2D eigenvalue weighted by molar-refractivity contribution is 0.631. The van der Waals surface area contributed by atoms with E-state index in [1.807, 2.05) is 0 Å². The van der Waals surface area contributed by atoms with Crippen molar-refractivity contribution in [2.45, 2.75) is 19.3 Å². The van der Waals surface area contributed by atoms with Crippen molar-refractivity contribution in [3.63, 3.8) is 0 Å². The molecule has 0 spiro atoms. The van der Waals surface area contributed by atoms with Gasteiger partial charge in [0, 0.05) is 54.5 Å². The van der Waals surface area contributed by atoms with Crippen molar-refractivity contribution in [3.05, 3.63) is 193 Å². The van der Waals surface area contributed by atoms with Crippen LogP contribution in [0.2, 0.25) is 0 Å². The lowest BCUT2D eigenvalue weighted by Gasteiger charge is -2.42. The standard InChI is InChI=1S/C55H36N4/c1-55(2)41-18-8-11-21-45(41)56(34-14-4-3-5-15-34)49-32-35(26-30-42(49)55)57-43-19-9-6-16-36(43)39-29-31-48-51(53(39)57)40-28-25-33-24-27-38-37-17-7-10-20-44(37)58-46-22-12-13-23-47(46)59(48)54(40)50(33)52(38)58/h3-32H,1-2H3. The average molecular weight is 753 g/mol. The third-order valence-electron chi connectivity index (χ3n) is 13.7. The predicted molar refractivity (Wildman–Crippen MR) is 248 cm³/mol. The molecule has 1 aliphatic rings. The molecule has 5 heterocycles. The number of anilines is 3. The summed E-state index contributed by atoms with van der Waals surface area (Å²) in [7, 11) is 0. The molecule has 0 unspecified atom stereocenters. The number of nitrogens with zero attached hydrogens (tertiary/aromatic N) is 4. The molecule has 0 saturated carbocycles. The summed E-state index contributed by atoms with van der Waals surface area (Å²) in [4.78, 5) is 2.47. The highest BCUT2D eigenvalue weighted by atomic mass is 15.2. The molecule has 4 heteroatoms. The second-order valence-electron chi connectivity index (χ2n) is 16.9. The molecule has 59 heavy (non-hydrogen) atoms. The summed E-state index contributed by atoms with van der Waals surface area (Å²) in [5.41, 5.74) is 17.0. The Balaban J connectivity index is 1.17. The summed E-state index contributed by atoms with van der Waals surface area (Å²) in [5, 5.41) is 10.2. The van der Waals surface area contributed by atoms with Crippen molar-refractivity contribution in [2.75, 3.05) is 4.90 Å². The van der Waals surface area contributed by atoms with Gasteiger partial charge in [0.15, 0.2) is 0 Å². The summed E-state index contributed by atoms with van der Waals surface area (Å²) in [6, 6.07) is 67.9. The van der Waals surface area contributed by atoms with Crippen molar-refractivity contribution in [1.29, 1.82) is 0 Å². The minimum Gasteiger partial charge on any atom is -0.310 e. The lowest BCUT2D eigenvalue weighted by atomic mass is 9.73. The van der Waals surface area contributed by atoms with Gasteiger partial charge in [-0.3, -0.25) is 0 Å². The van der Waals surface area contributed by atoms with Crippen LogP contribution in [-0.2, 0) is 5.41 Å². The van der Waals surface area contributed by atoms with Crippen molar-refractivity contribution >= 4 is 104 Å². The topological polar surface area (TPSA) is 17.0 Å². The molecule has 0 amide bonds. The fourth-order valence-corrected chi connectivity index (χ4v) is 11.2. The third-order valence-corrected chi connectivity index (χ3v) is 13.7. The Morgan fingerprint density at radius 1 is 0.356 bits per heavy atom. The number of aromatic nitrogens is 3. The molecular formula is C55H36N4. The van der Waals surface area contributed by atoms with E-state index in [1.165, 1.54) is 110 Å². The van der Waals surface area contributed by atoms with Crippen LogP contribution < -0.4 is 4.90 Å². The van der Waals surface area contributed by atoms with E-state index >= 15 is 0 Å². The van der Waals surface area contributed by atoms with E-state index in [9.17, 15) is 0 Å². The Morgan fingerprint density at radius 2 is 0.932 bits per heavy atom. The predicted octanol–water partition coefficient (Wildman–Crippen LogP) is 14.6. The van der Waals surface area contributed by atoms with Crippen molar-refractivity contribution in [3.8, 4) is 5.69 Å². The maximum absolute atomic E-state index is 2.56. The number of fused-ring (bicyclic) bond motifs is 15. The second-order valence-corrected chi connectivity index (χ2v) is 16.9. The smallest absolute Gasteiger partial charge is 0.0703 e. The molecule has 1 aliphatic heterocycles. The molecule has 4 aromatic heterocycles. The average Bonchev–Trinajstić information content (AvgIpc) is 3.89. The molecule has 0 fully saturated rings. The van der Waals surface area contributed by atoms with Gasteiger partial charge in [-0.2, -0.15) is 0 Å². The van der Waals surface area contributed by atoms with Crippen LogP contribution in [0, 0.1) is 0 Å². The highest BCUT2D eigenvalue weighted by Crippen LogP contribution is 2.53. The van der Waals surface area contributed by atoms with E-state index in [2.05, 4.69) is 214 Å². The molecule has 276 valence electrons. The highest BCUT2D eigenvalue weighted by molar-refractivity contribution is 6.33. The first-order valence-corrected chi connectivity index (χ1v) is 20.6. The second kappa shape index (κ2) is 10.9. The monoisotopic (exact) mass is 752 g/mol. The summed E-state index contributed by atoms with van der Waals surface area (Å²) in [5.74, 6) is 0. The summed E-state index contributed by atoms with van der Waals surface area (Å²) < 4.78 is 7.63. The SMILES string of the molecule is CC1(C)c2ccccc2N(c2ccccc2)c2cc(-n3c4ccccc4c4ccc5c(c6ccc7ccc8c9ccccc9n9c%10ccccc%10n5c6c7c89)c43)ccc21. The van der Waals surface area contributed by atoms with Crippen LogP contribution in [0.25, 0.3) is 92.9 Å². The van der Waals surface area contributed by atoms with Gasteiger partial charge in [-0.15, -0.1) is 0 Å². The van der Waals surface area contributed by atoms with Gasteiger partial charge in [-0.25, -0.2) is 0 Å². The van der Waals surface area contributed by atoms with Crippen LogP contribution in [0.4, 0.5) is 17.1 Å². The molecule has 0 atom stereocenters. The third kappa shape index (κ3) is 3.80. The Morgan fingerprint density at radius 3 is 1.73 bits per heavy atom. The van der Waals surface area contributed by atoms with E-state index in [1.54, 1.807) is 0 Å². The molecule has 13 aromatic rings.